The van der Waals surface area contributed by atoms with Gasteiger partial charge in [-0.1, -0.05) is 32.1 Å². The van der Waals surface area contributed by atoms with Crippen molar-refractivity contribution in [2.75, 3.05) is 0 Å². The van der Waals surface area contributed by atoms with Gasteiger partial charge in [-0.3, -0.25) is 9.59 Å². The van der Waals surface area contributed by atoms with Crippen LogP contribution in [0.2, 0.25) is 0 Å². The lowest BCUT2D eigenvalue weighted by Crippen LogP contribution is -2.51. The van der Waals surface area contributed by atoms with Gasteiger partial charge in [-0.2, -0.15) is 0 Å². The van der Waals surface area contributed by atoms with E-state index in [1.807, 2.05) is 12.2 Å². The molecular weight excluding hydrogens is 272 g/mol. The first-order valence-electron chi connectivity index (χ1n) is 8.52. The third-order valence-electron chi connectivity index (χ3n) is 7.20. The molecule has 4 aliphatic carbocycles. The van der Waals surface area contributed by atoms with Gasteiger partial charge in [-0.05, 0) is 66.6 Å². The Morgan fingerprint density at radius 1 is 1.18 bits per heavy atom. The number of rotatable bonds is 0. The summed E-state index contributed by atoms with van der Waals surface area (Å²) < 4.78 is 0. The maximum absolute atomic E-state index is 12.3. The zero-order chi connectivity index (χ0) is 15.7. The summed E-state index contributed by atoms with van der Waals surface area (Å²) >= 11 is 0. The Morgan fingerprint density at radius 3 is 2.73 bits per heavy atom. The topological polar surface area (TPSA) is 34.1 Å². The molecule has 0 bridgehead atoms. The van der Waals surface area contributed by atoms with Crippen LogP contribution < -0.4 is 0 Å². The molecule has 4 aliphatic rings. The summed E-state index contributed by atoms with van der Waals surface area (Å²) in [5, 5.41) is 0. The maximum atomic E-state index is 12.3. The summed E-state index contributed by atoms with van der Waals surface area (Å²) in [6.07, 6.45) is 10.5. The van der Waals surface area contributed by atoms with Crippen molar-refractivity contribution in [3.8, 4) is 0 Å². The quantitative estimate of drug-likeness (QED) is 0.676. The van der Waals surface area contributed by atoms with Crippen LogP contribution in [0.15, 0.2) is 36.0 Å². The number of ketones is 2. The average molecular weight is 296 g/mol. The number of allylic oxidation sites excluding steroid dienone is 5. The van der Waals surface area contributed by atoms with Crippen LogP contribution in [0.4, 0.5) is 0 Å². The molecule has 0 aromatic heterocycles. The zero-order valence-corrected chi connectivity index (χ0v) is 13.5. The van der Waals surface area contributed by atoms with Crippen LogP contribution in [0.5, 0.6) is 0 Å². The number of carbonyl (C=O) groups excluding carboxylic acids is 2. The molecule has 0 amide bonds. The van der Waals surface area contributed by atoms with E-state index in [9.17, 15) is 9.59 Å². The smallest absolute Gasteiger partial charge is 0.161 e. The van der Waals surface area contributed by atoms with E-state index in [0.29, 0.717) is 30.0 Å². The third kappa shape index (κ3) is 1.61. The van der Waals surface area contributed by atoms with Crippen LogP contribution in [0.1, 0.15) is 46.0 Å². The first-order valence-corrected chi connectivity index (χ1v) is 8.52. The van der Waals surface area contributed by atoms with Crippen LogP contribution in [-0.4, -0.2) is 11.6 Å². The number of hydrogen-bond donors (Lipinski definition) is 0. The third-order valence-corrected chi connectivity index (χ3v) is 7.20. The second-order valence-corrected chi connectivity index (χ2v) is 8.23. The highest BCUT2D eigenvalue weighted by Crippen LogP contribution is 2.63. The Balaban J connectivity index is 1.78. The molecule has 0 heterocycles. The van der Waals surface area contributed by atoms with E-state index in [-0.39, 0.29) is 16.6 Å². The van der Waals surface area contributed by atoms with Gasteiger partial charge in [0.1, 0.15) is 0 Å². The van der Waals surface area contributed by atoms with E-state index < -0.39 is 0 Å². The fraction of sp³-hybridized carbons (Fsp3) is 0.600. The van der Waals surface area contributed by atoms with Crippen molar-refractivity contribution in [1.29, 1.82) is 0 Å². The van der Waals surface area contributed by atoms with E-state index in [1.54, 1.807) is 0 Å². The highest BCUT2D eigenvalue weighted by atomic mass is 16.1. The first kappa shape index (κ1) is 14.2. The highest BCUT2D eigenvalue weighted by Gasteiger charge is 2.58. The molecule has 2 nitrogen and oxygen atoms in total. The van der Waals surface area contributed by atoms with Crippen molar-refractivity contribution in [1.82, 2.24) is 0 Å². The van der Waals surface area contributed by atoms with Crippen LogP contribution in [0.25, 0.3) is 0 Å². The molecule has 2 heteroatoms. The van der Waals surface area contributed by atoms with Crippen molar-refractivity contribution in [2.24, 2.45) is 28.6 Å². The molecule has 116 valence electrons. The lowest BCUT2D eigenvalue weighted by atomic mass is 9.46. The predicted molar refractivity (Wildman–Crippen MR) is 86.1 cm³/mol. The van der Waals surface area contributed by atoms with Gasteiger partial charge in [-0.25, -0.2) is 0 Å². The van der Waals surface area contributed by atoms with Gasteiger partial charge in [-0.15, -0.1) is 0 Å². The molecule has 2 fully saturated rings. The Labute approximate surface area is 132 Å². The maximum Gasteiger partial charge on any atom is 0.161 e. The summed E-state index contributed by atoms with van der Waals surface area (Å²) in [6.45, 7) is 8.78. The van der Waals surface area contributed by atoms with Gasteiger partial charge in [0, 0.05) is 11.8 Å². The highest BCUT2D eigenvalue weighted by molar-refractivity contribution is 5.97. The van der Waals surface area contributed by atoms with E-state index in [1.165, 1.54) is 5.57 Å². The number of hydrogen-bond acceptors (Lipinski definition) is 2. The molecule has 2 saturated carbocycles. The van der Waals surface area contributed by atoms with Crippen molar-refractivity contribution >= 4 is 11.6 Å². The first-order chi connectivity index (χ1) is 10.4. The van der Waals surface area contributed by atoms with Crippen LogP contribution in [0.3, 0.4) is 0 Å². The fourth-order valence-corrected chi connectivity index (χ4v) is 5.84. The molecule has 0 aliphatic heterocycles. The SMILES string of the molecule is C=C1C[C@@H]2[C@H](CC[C@]3(C)C(=O)C=C[C@@H]23)[C@@]2(C)CCC(=O)C=C12. The minimum Gasteiger partial charge on any atom is -0.295 e. The molecule has 22 heavy (non-hydrogen) atoms. The standard InChI is InChI=1S/C20H24O2/c1-12-10-14-15-4-5-18(22)20(15,3)9-7-16(14)19(2)8-6-13(21)11-17(12)19/h4-5,11,14-16H,1,6-10H2,2-3H3/t14-,15-,16-,19+,20-/m0/s1. The molecule has 5 atom stereocenters. The minimum absolute atomic E-state index is 0.0781. The van der Waals surface area contributed by atoms with E-state index in [2.05, 4.69) is 26.5 Å². The van der Waals surface area contributed by atoms with E-state index >= 15 is 0 Å². The molecule has 0 spiro atoms. The van der Waals surface area contributed by atoms with Crippen LogP contribution >= 0.6 is 0 Å². The van der Waals surface area contributed by atoms with E-state index in [4.69, 9.17) is 0 Å². The second kappa shape index (κ2) is 4.31. The molecule has 0 unspecified atom stereocenters. The molecule has 0 N–H and O–H groups in total. The fourth-order valence-electron chi connectivity index (χ4n) is 5.84. The van der Waals surface area contributed by atoms with Crippen LogP contribution in [-0.2, 0) is 9.59 Å². The average Bonchev–Trinajstić information content (AvgIpc) is 2.77. The molecule has 0 aromatic carbocycles. The second-order valence-electron chi connectivity index (χ2n) is 8.23. The van der Waals surface area contributed by atoms with Gasteiger partial charge in [0.05, 0.1) is 0 Å². The monoisotopic (exact) mass is 296 g/mol. The molecule has 0 saturated heterocycles. The molecular formula is C20H24O2. The number of carbonyl (C=O) groups is 2. The molecule has 0 aromatic rings. The van der Waals surface area contributed by atoms with Crippen molar-refractivity contribution in [3.05, 3.63) is 36.0 Å². The van der Waals surface area contributed by atoms with Crippen molar-refractivity contribution < 1.29 is 9.59 Å². The summed E-state index contributed by atoms with van der Waals surface area (Å²) in [4.78, 5) is 24.2. The summed E-state index contributed by atoms with van der Waals surface area (Å²) in [6, 6.07) is 0. The Bertz CT molecular complexity index is 653. The van der Waals surface area contributed by atoms with E-state index in [0.717, 1.165) is 31.3 Å². The largest absolute Gasteiger partial charge is 0.295 e. The van der Waals surface area contributed by atoms with Gasteiger partial charge in [0.15, 0.2) is 11.6 Å². The Hall–Kier alpha value is -1.44. The van der Waals surface area contributed by atoms with Crippen LogP contribution in [0, 0.1) is 28.6 Å². The van der Waals surface area contributed by atoms with Gasteiger partial charge >= 0.3 is 0 Å². The Kier molecular flexibility index (Phi) is 2.77. The lowest BCUT2D eigenvalue weighted by molar-refractivity contribution is -0.129. The van der Waals surface area contributed by atoms with Gasteiger partial charge < -0.3 is 0 Å². The van der Waals surface area contributed by atoms with Crippen molar-refractivity contribution in [3.63, 3.8) is 0 Å². The summed E-state index contributed by atoms with van der Waals surface area (Å²) in [7, 11) is 0. The molecule has 0 radical (unpaired) electrons. The molecule has 4 rings (SSSR count). The van der Waals surface area contributed by atoms with Gasteiger partial charge in [0.2, 0.25) is 0 Å². The normalized spacial score (nSPS) is 46.9. The zero-order valence-electron chi connectivity index (χ0n) is 13.5. The predicted octanol–water partition coefficient (Wildman–Crippen LogP) is 4.03. The Morgan fingerprint density at radius 2 is 1.95 bits per heavy atom. The minimum atomic E-state index is -0.191. The number of fused-ring (bicyclic) bond motifs is 5. The van der Waals surface area contributed by atoms with Gasteiger partial charge in [0.25, 0.3) is 0 Å². The summed E-state index contributed by atoms with van der Waals surface area (Å²) in [5.41, 5.74) is 2.23. The lowest BCUT2D eigenvalue weighted by Gasteiger charge is -2.57. The summed E-state index contributed by atoms with van der Waals surface area (Å²) in [5.74, 6) is 2.00. The van der Waals surface area contributed by atoms with Crippen molar-refractivity contribution in [2.45, 2.75) is 46.0 Å².